The summed E-state index contributed by atoms with van der Waals surface area (Å²) >= 11 is 1.25. The molecule has 1 aromatic heterocycles. The van der Waals surface area contributed by atoms with E-state index in [1.807, 2.05) is 16.7 Å². The quantitative estimate of drug-likeness (QED) is 0.292. The number of aromatic nitrogens is 3. The van der Waals surface area contributed by atoms with Gasteiger partial charge in [-0.3, -0.25) is 9.36 Å². The van der Waals surface area contributed by atoms with Gasteiger partial charge in [0.1, 0.15) is 5.82 Å². The molecule has 0 N–H and O–H groups in total. The molecular weight excluding hydrogens is 385 g/mol. The molecule has 29 heavy (non-hydrogen) atoms. The largest absolute Gasteiger partial charge is 0.298 e. The predicted molar refractivity (Wildman–Crippen MR) is 116 cm³/mol. The molecule has 0 aliphatic rings. The summed E-state index contributed by atoms with van der Waals surface area (Å²) in [5, 5.41) is 9.18. The summed E-state index contributed by atoms with van der Waals surface area (Å²) in [5.74, 6) is 0.00734. The minimum atomic E-state index is -0.509. The molecule has 0 amide bonds. The average molecular weight is 410 g/mol. The van der Waals surface area contributed by atoms with Crippen LogP contribution in [-0.4, -0.2) is 26.3 Å². The minimum absolute atomic E-state index is 0.0708. The van der Waals surface area contributed by atoms with E-state index in [1.165, 1.54) is 29.5 Å². The van der Waals surface area contributed by atoms with Gasteiger partial charge in [-0.25, -0.2) is 4.39 Å². The zero-order valence-corrected chi connectivity index (χ0v) is 17.7. The zero-order valence-electron chi connectivity index (χ0n) is 16.9. The molecule has 4 nitrogen and oxygen atoms in total. The molecule has 150 valence electrons. The summed E-state index contributed by atoms with van der Waals surface area (Å²) in [7, 11) is 0. The normalized spacial score (nSPS) is 11.4. The first-order valence-electron chi connectivity index (χ1n) is 9.37. The molecule has 2 aromatic carbocycles. The number of thioether (sulfide) groups is 1. The van der Waals surface area contributed by atoms with Crippen LogP contribution in [0, 0.1) is 5.82 Å². The third-order valence-corrected chi connectivity index (χ3v) is 5.51. The maximum atomic E-state index is 13.8. The van der Waals surface area contributed by atoms with Crippen LogP contribution in [0.1, 0.15) is 36.7 Å². The molecule has 0 fully saturated rings. The lowest BCUT2D eigenvalue weighted by Gasteiger charge is -2.19. The second-order valence-corrected chi connectivity index (χ2v) is 8.67. The first-order valence-corrected chi connectivity index (χ1v) is 10.4. The molecule has 0 aliphatic carbocycles. The van der Waals surface area contributed by atoms with Gasteiger partial charge in [0.25, 0.3) is 0 Å². The van der Waals surface area contributed by atoms with Crippen LogP contribution in [0.15, 0.2) is 66.3 Å². The zero-order chi connectivity index (χ0) is 21.0. The number of hydrogen-bond donors (Lipinski definition) is 0. The lowest BCUT2D eigenvalue weighted by molar-refractivity contribution is 0.101. The molecule has 0 unspecified atom stereocenters. The van der Waals surface area contributed by atoms with E-state index in [0.717, 1.165) is 5.56 Å². The van der Waals surface area contributed by atoms with Crippen LogP contribution in [0.3, 0.4) is 0 Å². The number of rotatable bonds is 7. The summed E-state index contributed by atoms with van der Waals surface area (Å²) in [4.78, 5) is 12.4. The van der Waals surface area contributed by atoms with Crippen LogP contribution in [-0.2, 0) is 12.0 Å². The van der Waals surface area contributed by atoms with E-state index in [9.17, 15) is 9.18 Å². The SMILES string of the molecule is C=CCn1c(SCC(=O)c2ccccc2F)nnc1-c1ccc(C(C)(C)C)cc1. The number of carbonyl (C=O) groups is 1. The molecule has 0 saturated heterocycles. The lowest BCUT2D eigenvalue weighted by atomic mass is 9.87. The standard InChI is InChI=1S/C23H24FN3OS/c1-5-14-27-21(16-10-12-17(13-11-16)23(2,3)4)25-26-22(27)29-15-20(28)18-8-6-7-9-19(18)24/h5-13H,1,14-15H2,2-4H3. The van der Waals surface area contributed by atoms with Crippen molar-refractivity contribution < 1.29 is 9.18 Å². The molecule has 0 radical (unpaired) electrons. The van der Waals surface area contributed by atoms with Gasteiger partial charge in [0.05, 0.1) is 11.3 Å². The van der Waals surface area contributed by atoms with E-state index < -0.39 is 5.82 Å². The van der Waals surface area contributed by atoms with Crippen LogP contribution in [0.2, 0.25) is 0 Å². The second kappa shape index (κ2) is 8.74. The van der Waals surface area contributed by atoms with Gasteiger partial charge >= 0.3 is 0 Å². The first kappa shape index (κ1) is 21.0. The summed E-state index contributed by atoms with van der Waals surface area (Å²) in [6, 6.07) is 14.3. The molecule has 0 saturated carbocycles. The Bertz CT molecular complexity index is 1020. The van der Waals surface area contributed by atoms with E-state index >= 15 is 0 Å². The smallest absolute Gasteiger partial charge is 0.192 e. The maximum Gasteiger partial charge on any atom is 0.192 e. The van der Waals surface area contributed by atoms with Crippen molar-refractivity contribution in [3.8, 4) is 11.4 Å². The highest BCUT2D eigenvalue weighted by molar-refractivity contribution is 7.99. The number of halogens is 1. The summed E-state index contributed by atoms with van der Waals surface area (Å²) in [6.45, 7) is 10.8. The van der Waals surface area contributed by atoms with Gasteiger partial charge in [-0.2, -0.15) is 0 Å². The van der Waals surface area contributed by atoms with Gasteiger partial charge in [-0.1, -0.05) is 75.0 Å². The van der Waals surface area contributed by atoms with Crippen molar-refractivity contribution >= 4 is 17.5 Å². The van der Waals surface area contributed by atoms with E-state index in [4.69, 9.17) is 0 Å². The predicted octanol–water partition coefficient (Wildman–Crippen LogP) is 5.54. The molecule has 0 aliphatic heterocycles. The van der Waals surface area contributed by atoms with Crippen molar-refractivity contribution in [2.24, 2.45) is 0 Å². The van der Waals surface area contributed by atoms with Gasteiger partial charge in [-0.15, -0.1) is 16.8 Å². The first-order chi connectivity index (χ1) is 13.8. The molecule has 0 spiro atoms. The molecule has 3 aromatic rings. The van der Waals surface area contributed by atoms with Crippen LogP contribution < -0.4 is 0 Å². The Balaban J connectivity index is 1.82. The van der Waals surface area contributed by atoms with Crippen molar-refractivity contribution in [2.75, 3.05) is 5.75 Å². The summed E-state index contributed by atoms with van der Waals surface area (Å²) in [5.41, 5.74) is 2.34. The number of hydrogen-bond acceptors (Lipinski definition) is 4. The summed E-state index contributed by atoms with van der Waals surface area (Å²) < 4.78 is 15.7. The fourth-order valence-corrected chi connectivity index (χ4v) is 3.75. The third kappa shape index (κ3) is 4.82. The summed E-state index contributed by atoms with van der Waals surface area (Å²) in [6.07, 6.45) is 1.76. The Labute approximate surface area is 174 Å². The highest BCUT2D eigenvalue weighted by Crippen LogP contribution is 2.28. The van der Waals surface area contributed by atoms with Crippen LogP contribution in [0.5, 0.6) is 0 Å². The molecular formula is C23H24FN3OS. The Morgan fingerprint density at radius 3 is 2.45 bits per heavy atom. The average Bonchev–Trinajstić information content (AvgIpc) is 3.09. The highest BCUT2D eigenvalue weighted by Gasteiger charge is 2.18. The minimum Gasteiger partial charge on any atom is -0.298 e. The molecule has 3 rings (SSSR count). The topological polar surface area (TPSA) is 47.8 Å². The lowest BCUT2D eigenvalue weighted by Crippen LogP contribution is -2.10. The van der Waals surface area contributed by atoms with Crippen molar-refractivity contribution in [1.29, 1.82) is 0 Å². The van der Waals surface area contributed by atoms with Crippen LogP contribution in [0.4, 0.5) is 4.39 Å². The Morgan fingerprint density at radius 2 is 1.83 bits per heavy atom. The third-order valence-electron chi connectivity index (χ3n) is 4.54. The van der Waals surface area contributed by atoms with Gasteiger partial charge in [0, 0.05) is 12.1 Å². The Morgan fingerprint density at radius 1 is 1.14 bits per heavy atom. The fourth-order valence-electron chi connectivity index (χ4n) is 2.92. The van der Waals surface area contributed by atoms with Crippen LogP contribution in [0.25, 0.3) is 11.4 Å². The van der Waals surface area contributed by atoms with Gasteiger partial charge in [-0.05, 0) is 23.1 Å². The molecule has 6 heteroatoms. The van der Waals surface area contributed by atoms with E-state index in [-0.39, 0.29) is 22.5 Å². The van der Waals surface area contributed by atoms with E-state index in [0.29, 0.717) is 17.5 Å². The van der Waals surface area contributed by atoms with E-state index in [2.05, 4.69) is 49.7 Å². The second-order valence-electron chi connectivity index (χ2n) is 7.72. The van der Waals surface area contributed by atoms with Crippen molar-refractivity contribution in [1.82, 2.24) is 14.8 Å². The van der Waals surface area contributed by atoms with Crippen LogP contribution >= 0.6 is 11.8 Å². The number of nitrogens with zero attached hydrogens (tertiary/aromatic N) is 3. The van der Waals surface area contributed by atoms with Gasteiger partial charge < -0.3 is 0 Å². The number of carbonyl (C=O) groups excluding carboxylic acids is 1. The highest BCUT2D eigenvalue weighted by atomic mass is 32.2. The molecule has 0 atom stereocenters. The maximum absolute atomic E-state index is 13.8. The molecule has 1 heterocycles. The number of allylic oxidation sites excluding steroid dienone is 1. The fraction of sp³-hybridized carbons (Fsp3) is 0.261. The number of benzene rings is 2. The molecule has 0 bridgehead atoms. The van der Waals surface area contributed by atoms with Crippen molar-refractivity contribution in [2.45, 2.75) is 37.9 Å². The van der Waals surface area contributed by atoms with Gasteiger partial charge in [0.2, 0.25) is 0 Å². The van der Waals surface area contributed by atoms with Gasteiger partial charge in [0.15, 0.2) is 16.8 Å². The number of Topliss-reactive ketones (excluding diaryl/α,β-unsaturated/α-hetero) is 1. The number of ketones is 1. The Kier molecular flexibility index (Phi) is 6.33. The monoisotopic (exact) mass is 409 g/mol. The Hall–Kier alpha value is -2.73. The van der Waals surface area contributed by atoms with E-state index in [1.54, 1.807) is 18.2 Å². The van der Waals surface area contributed by atoms with Crippen molar-refractivity contribution in [3.63, 3.8) is 0 Å². The van der Waals surface area contributed by atoms with Crippen molar-refractivity contribution in [3.05, 3.63) is 78.1 Å².